The van der Waals surface area contributed by atoms with Gasteiger partial charge in [0.05, 0.1) is 33.1 Å². The highest BCUT2D eigenvalue weighted by Gasteiger charge is 2.40. The number of hydrogen-bond donors (Lipinski definition) is 2. The van der Waals surface area contributed by atoms with E-state index in [4.69, 9.17) is 18.1 Å². The summed E-state index contributed by atoms with van der Waals surface area (Å²) in [5.41, 5.74) is -0.299. The highest BCUT2D eigenvalue weighted by Crippen LogP contribution is 2.52. The molecule has 0 radical (unpaired) electrons. The fourth-order valence-corrected chi connectivity index (χ4v) is 4.96. The molecule has 130 valence electrons. The first-order valence-corrected chi connectivity index (χ1v) is 10.5. The molecule has 2 saturated heterocycles. The van der Waals surface area contributed by atoms with Crippen molar-refractivity contribution in [3.63, 3.8) is 0 Å². The van der Waals surface area contributed by atoms with E-state index in [-0.39, 0.29) is 17.5 Å². The van der Waals surface area contributed by atoms with Crippen LogP contribution in [0.2, 0.25) is 0 Å². The summed E-state index contributed by atoms with van der Waals surface area (Å²) < 4.78 is 45.8. The first-order chi connectivity index (χ1) is 10.1. The van der Waals surface area contributed by atoms with Crippen LogP contribution in [0.4, 0.5) is 0 Å². The first-order valence-electron chi connectivity index (χ1n) is 7.38. The van der Waals surface area contributed by atoms with Gasteiger partial charge in [0.25, 0.3) is 0 Å². The number of hydrogen-bond acceptors (Lipinski definition) is 6. The van der Waals surface area contributed by atoms with Crippen LogP contribution >= 0.6 is 15.5 Å². The van der Waals surface area contributed by atoms with Gasteiger partial charge in [-0.1, -0.05) is 27.7 Å². The third kappa shape index (κ3) is 4.86. The Morgan fingerprint density at radius 1 is 0.864 bits per heavy atom. The molecule has 2 N–H and O–H groups in total. The molecule has 2 aliphatic rings. The van der Waals surface area contributed by atoms with Crippen molar-refractivity contribution in [3.8, 4) is 0 Å². The minimum Gasteiger partial charge on any atom is -0.296 e. The van der Waals surface area contributed by atoms with E-state index < -0.39 is 15.5 Å². The molecule has 8 nitrogen and oxygen atoms in total. The molecular weight excluding hydrogens is 330 g/mol. The van der Waals surface area contributed by atoms with Crippen molar-refractivity contribution >= 4 is 15.5 Å². The van der Waals surface area contributed by atoms with E-state index in [2.05, 4.69) is 10.2 Å². The molecule has 2 fully saturated rings. The molecular formula is C12H26N2O6P2. The Morgan fingerprint density at radius 3 is 1.68 bits per heavy atom. The molecule has 0 saturated carbocycles. The van der Waals surface area contributed by atoms with Crippen LogP contribution in [-0.4, -0.2) is 33.1 Å². The zero-order valence-corrected chi connectivity index (χ0v) is 15.4. The van der Waals surface area contributed by atoms with E-state index in [1.165, 1.54) is 0 Å². The largest absolute Gasteiger partial charge is 0.406 e. The maximum atomic E-state index is 12.3. The van der Waals surface area contributed by atoms with E-state index in [0.29, 0.717) is 26.4 Å². The maximum Gasteiger partial charge on any atom is 0.406 e. The second-order valence-electron chi connectivity index (χ2n) is 6.91. The molecule has 0 unspecified atom stereocenters. The number of nitrogens with one attached hydrogen (secondary N) is 2. The quantitative estimate of drug-likeness (QED) is 0.574. The van der Waals surface area contributed by atoms with Gasteiger partial charge in [0.2, 0.25) is 0 Å². The lowest BCUT2D eigenvalue weighted by atomic mass is 9.90. The molecule has 10 heteroatoms. The normalized spacial score (nSPS) is 37.8. The molecule has 0 aliphatic carbocycles. The van der Waals surface area contributed by atoms with Gasteiger partial charge in [-0.3, -0.25) is 18.1 Å². The summed E-state index contributed by atoms with van der Waals surface area (Å²) in [6.45, 7) is 9.27. The summed E-state index contributed by atoms with van der Waals surface area (Å²) in [5.74, 6) is 0. The van der Waals surface area contributed by atoms with Crippen LogP contribution in [0.1, 0.15) is 34.1 Å². The monoisotopic (exact) mass is 356 g/mol. The lowest BCUT2D eigenvalue weighted by molar-refractivity contribution is 0.0223. The highest BCUT2D eigenvalue weighted by molar-refractivity contribution is 7.52. The van der Waals surface area contributed by atoms with Crippen LogP contribution in [0.25, 0.3) is 0 Å². The fraction of sp³-hybridized carbons (Fsp3) is 1.00. The Bertz CT molecular complexity index is 472. The summed E-state index contributed by atoms with van der Waals surface area (Å²) in [6, 6.07) is 0. The van der Waals surface area contributed by atoms with Crippen LogP contribution in [-0.2, 0) is 27.2 Å². The van der Waals surface area contributed by atoms with Crippen LogP contribution in [0.15, 0.2) is 0 Å². The van der Waals surface area contributed by atoms with E-state index in [1.54, 1.807) is 0 Å². The molecule has 0 aromatic rings. The minimum atomic E-state index is -3.37. The second-order valence-corrected chi connectivity index (χ2v) is 10.6. The Balaban J connectivity index is 1.77. The van der Waals surface area contributed by atoms with Crippen LogP contribution in [0.5, 0.6) is 0 Å². The van der Waals surface area contributed by atoms with Crippen LogP contribution < -0.4 is 10.2 Å². The molecule has 0 spiro atoms. The third-order valence-electron chi connectivity index (χ3n) is 3.82. The Hall–Kier alpha value is 0.220. The molecule has 2 heterocycles. The van der Waals surface area contributed by atoms with Gasteiger partial charge >= 0.3 is 15.5 Å². The SMILES string of the molecule is CCC1(C)COP(=O)(NCNP2(=O)OCC(C)(C)CO2)OC1. The molecule has 0 bridgehead atoms. The average molecular weight is 356 g/mol. The summed E-state index contributed by atoms with van der Waals surface area (Å²) in [7, 11) is -6.74. The van der Waals surface area contributed by atoms with Gasteiger partial charge in [0.1, 0.15) is 0 Å². The van der Waals surface area contributed by atoms with Crippen LogP contribution in [0, 0.1) is 10.8 Å². The van der Waals surface area contributed by atoms with Gasteiger partial charge in [-0.2, -0.15) is 0 Å². The van der Waals surface area contributed by atoms with Gasteiger partial charge in [-0.05, 0) is 6.42 Å². The Labute approximate surface area is 131 Å². The standard InChI is InChI=1S/C12H26N2O6P2/c1-5-12(4)8-19-22(16,20-9-12)14-10-13-21(15)17-6-11(2,3)7-18-21/h5-10H2,1-4H3,(H,13,15)(H,14,16). The Kier molecular flexibility index (Phi) is 5.58. The van der Waals surface area contributed by atoms with Crippen molar-refractivity contribution in [2.24, 2.45) is 10.8 Å². The molecule has 2 aliphatic heterocycles. The molecule has 2 rings (SSSR count). The molecule has 0 aromatic carbocycles. The van der Waals surface area contributed by atoms with Crippen molar-refractivity contribution in [1.29, 1.82) is 0 Å². The first kappa shape index (κ1) is 18.6. The lowest BCUT2D eigenvalue weighted by Gasteiger charge is -2.36. The molecule has 0 aromatic heterocycles. The lowest BCUT2D eigenvalue weighted by Crippen LogP contribution is -2.38. The average Bonchev–Trinajstić information content (AvgIpc) is 2.47. The molecule has 0 amide bonds. The smallest absolute Gasteiger partial charge is 0.296 e. The maximum absolute atomic E-state index is 12.3. The summed E-state index contributed by atoms with van der Waals surface area (Å²) in [5, 5.41) is 5.23. The molecule has 0 atom stereocenters. The predicted molar refractivity (Wildman–Crippen MR) is 82.3 cm³/mol. The van der Waals surface area contributed by atoms with Gasteiger partial charge in [-0.15, -0.1) is 0 Å². The van der Waals surface area contributed by atoms with E-state index in [0.717, 1.165) is 6.42 Å². The summed E-state index contributed by atoms with van der Waals surface area (Å²) >= 11 is 0. The summed E-state index contributed by atoms with van der Waals surface area (Å²) in [4.78, 5) is 0. The van der Waals surface area contributed by atoms with Crippen molar-refractivity contribution in [1.82, 2.24) is 10.2 Å². The second kappa shape index (κ2) is 6.61. The van der Waals surface area contributed by atoms with Crippen molar-refractivity contribution in [3.05, 3.63) is 0 Å². The zero-order chi connectivity index (χ0) is 16.5. The zero-order valence-electron chi connectivity index (χ0n) is 13.6. The predicted octanol–water partition coefficient (Wildman–Crippen LogP) is 2.88. The topological polar surface area (TPSA) is 95.1 Å². The van der Waals surface area contributed by atoms with Gasteiger partial charge in [0, 0.05) is 10.8 Å². The van der Waals surface area contributed by atoms with Gasteiger partial charge < -0.3 is 0 Å². The van der Waals surface area contributed by atoms with Gasteiger partial charge in [-0.25, -0.2) is 19.3 Å². The van der Waals surface area contributed by atoms with Crippen molar-refractivity contribution in [2.75, 3.05) is 33.1 Å². The van der Waals surface area contributed by atoms with E-state index >= 15 is 0 Å². The van der Waals surface area contributed by atoms with E-state index in [1.807, 2.05) is 27.7 Å². The van der Waals surface area contributed by atoms with Crippen molar-refractivity contribution < 1.29 is 27.2 Å². The summed E-state index contributed by atoms with van der Waals surface area (Å²) in [6.07, 6.45) is 0.873. The fourth-order valence-electron chi connectivity index (χ4n) is 1.77. The number of rotatable bonds is 5. The molecule has 22 heavy (non-hydrogen) atoms. The van der Waals surface area contributed by atoms with Crippen LogP contribution in [0.3, 0.4) is 0 Å². The Morgan fingerprint density at radius 2 is 1.27 bits per heavy atom. The highest BCUT2D eigenvalue weighted by atomic mass is 31.2. The van der Waals surface area contributed by atoms with Crippen molar-refractivity contribution in [2.45, 2.75) is 34.1 Å². The van der Waals surface area contributed by atoms with Gasteiger partial charge in [0.15, 0.2) is 0 Å². The van der Waals surface area contributed by atoms with E-state index in [9.17, 15) is 9.13 Å². The minimum absolute atomic E-state index is 0.0577. The third-order valence-corrected chi connectivity index (χ3v) is 6.78.